The van der Waals surface area contributed by atoms with E-state index >= 15 is 0 Å². The van der Waals surface area contributed by atoms with Crippen molar-refractivity contribution in [3.8, 4) is 0 Å². The quantitative estimate of drug-likeness (QED) is 0.572. The van der Waals surface area contributed by atoms with Gasteiger partial charge in [0, 0.05) is 0 Å². The molecule has 0 N–H and O–H groups in total. The Labute approximate surface area is 102 Å². The lowest BCUT2D eigenvalue weighted by Crippen LogP contribution is -2.59. The van der Waals surface area contributed by atoms with E-state index in [2.05, 4.69) is 4.74 Å². The number of carbonyl (C=O) groups is 1. The highest BCUT2D eigenvalue weighted by Gasteiger charge is 2.75. The van der Waals surface area contributed by atoms with Gasteiger partial charge in [0.2, 0.25) is 0 Å². The molecule has 0 fully saturated rings. The summed E-state index contributed by atoms with van der Waals surface area (Å²) in [6.45, 7) is -3.15. The van der Waals surface area contributed by atoms with E-state index in [1.165, 1.54) is 0 Å². The molecule has 0 rings (SSSR count). The fourth-order valence-corrected chi connectivity index (χ4v) is 0.710. The first-order valence-electron chi connectivity index (χ1n) is 4.23. The number of hydrogen-bond acceptors (Lipinski definition) is 2. The summed E-state index contributed by atoms with van der Waals surface area (Å²) in [4.78, 5) is 9.96. The zero-order chi connectivity index (χ0) is 16.6. The average molecular weight is 328 g/mol. The molecule has 0 aliphatic heterocycles. The second-order valence-electron chi connectivity index (χ2n) is 3.28. The molecule has 0 aliphatic carbocycles. The molecule has 0 radical (unpaired) electrons. The van der Waals surface area contributed by atoms with Crippen molar-refractivity contribution in [3.05, 3.63) is 0 Å². The van der Waals surface area contributed by atoms with Gasteiger partial charge in [-0.1, -0.05) is 0 Å². The minimum Gasteiger partial charge on any atom is -0.452 e. The molecule has 20 heavy (non-hydrogen) atoms. The zero-order valence-corrected chi connectivity index (χ0v) is 8.76. The van der Waals surface area contributed by atoms with Gasteiger partial charge in [-0.3, -0.25) is 0 Å². The Hall–Kier alpha value is -1.30. The number of rotatable bonds is 5. The second kappa shape index (κ2) is 5.24. The fourth-order valence-electron chi connectivity index (χ4n) is 0.710. The van der Waals surface area contributed by atoms with Gasteiger partial charge in [0.25, 0.3) is 0 Å². The van der Waals surface area contributed by atoms with E-state index < -0.39 is 42.9 Å². The molecule has 0 aromatic heterocycles. The van der Waals surface area contributed by atoms with E-state index in [4.69, 9.17) is 0 Å². The number of alkyl halides is 11. The summed E-state index contributed by atoms with van der Waals surface area (Å²) in [6, 6.07) is 0. The van der Waals surface area contributed by atoms with E-state index in [0.29, 0.717) is 0 Å². The van der Waals surface area contributed by atoms with Crippen molar-refractivity contribution in [2.24, 2.45) is 0 Å². The molecule has 0 heterocycles. The van der Waals surface area contributed by atoms with E-state index in [0.717, 1.165) is 0 Å². The molecule has 0 aromatic rings. The van der Waals surface area contributed by atoms with Crippen LogP contribution in [0.1, 0.15) is 0 Å². The molecule has 0 atom stereocenters. The molecule has 0 unspecified atom stereocenters. The van der Waals surface area contributed by atoms with Crippen molar-refractivity contribution in [2.75, 3.05) is 6.61 Å². The van der Waals surface area contributed by atoms with Crippen molar-refractivity contribution < 1.29 is 57.8 Å². The largest absolute Gasteiger partial charge is 0.490 e. The van der Waals surface area contributed by atoms with Crippen LogP contribution in [-0.2, 0) is 9.53 Å². The summed E-state index contributed by atoms with van der Waals surface area (Å²) in [5, 5.41) is 0. The molecule has 120 valence electrons. The molecule has 0 saturated heterocycles. The third-order valence-electron chi connectivity index (χ3n) is 1.77. The maximum absolute atomic E-state index is 12.6. The Morgan fingerprint density at radius 2 is 1.30 bits per heavy atom. The van der Waals surface area contributed by atoms with Gasteiger partial charge in [-0.15, -0.1) is 0 Å². The maximum atomic E-state index is 12.6. The molecular formula is C7H3F11O2. The highest BCUT2D eigenvalue weighted by molar-refractivity contribution is 5.75. The summed E-state index contributed by atoms with van der Waals surface area (Å²) in [5.41, 5.74) is 0. The molecule has 13 heteroatoms. The second-order valence-corrected chi connectivity index (χ2v) is 3.28. The fraction of sp³-hybridized carbons (Fsp3) is 0.857. The Balaban J connectivity index is 5.10. The third kappa shape index (κ3) is 3.42. The summed E-state index contributed by atoms with van der Waals surface area (Å²) in [5.74, 6) is -22.8. The van der Waals surface area contributed by atoms with Crippen LogP contribution in [0.3, 0.4) is 0 Å². The summed E-state index contributed by atoms with van der Waals surface area (Å²) < 4.78 is 135. The Bertz CT molecular complexity index is 358. The topological polar surface area (TPSA) is 26.3 Å². The Morgan fingerprint density at radius 3 is 1.60 bits per heavy atom. The van der Waals surface area contributed by atoms with Crippen molar-refractivity contribution >= 4 is 5.97 Å². The Morgan fingerprint density at radius 1 is 0.900 bits per heavy atom. The average Bonchev–Trinajstić information content (AvgIpc) is 2.23. The molecule has 0 bridgehead atoms. The number of hydrogen-bond donors (Lipinski definition) is 0. The third-order valence-corrected chi connectivity index (χ3v) is 1.77. The van der Waals surface area contributed by atoms with Crippen LogP contribution in [-0.4, -0.2) is 42.9 Å². The molecule has 0 aliphatic rings. The highest BCUT2D eigenvalue weighted by Crippen LogP contribution is 2.48. The van der Waals surface area contributed by atoms with Gasteiger partial charge in [0.1, 0.15) is 0 Å². The van der Waals surface area contributed by atoms with E-state index in [1.54, 1.807) is 0 Å². The minimum absolute atomic E-state index is 2.66. The lowest BCUT2D eigenvalue weighted by Gasteiger charge is -2.31. The van der Waals surface area contributed by atoms with Crippen molar-refractivity contribution in [2.45, 2.75) is 30.4 Å². The monoisotopic (exact) mass is 328 g/mol. The predicted octanol–water partition coefficient (Wildman–Crippen LogP) is 3.26. The number of esters is 1. The first kappa shape index (κ1) is 18.7. The van der Waals surface area contributed by atoms with Crippen LogP contribution in [0, 0.1) is 0 Å². The SMILES string of the molecule is O=C(OCC(F)(F)C(F)(F)C(F)(F)C(F)F)C(F)(F)F. The normalized spacial score (nSPS) is 14.6. The minimum atomic E-state index is -6.74. The van der Waals surface area contributed by atoms with Gasteiger partial charge in [-0.25, -0.2) is 13.6 Å². The van der Waals surface area contributed by atoms with E-state index in [-0.39, 0.29) is 0 Å². The first-order valence-corrected chi connectivity index (χ1v) is 4.23. The smallest absolute Gasteiger partial charge is 0.452 e. The molecule has 0 amide bonds. The zero-order valence-electron chi connectivity index (χ0n) is 8.76. The number of halogens is 11. The van der Waals surface area contributed by atoms with Gasteiger partial charge in [0.05, 0.1) is 0 Å². The first-order chi connectivity index (χ1) is 8.57. The van der Waals surface area contributed by atoms with E-state index in [1.807, 2.05) is 0 Å². The maximum Gasteiger partial charge on any atom is 0.490 e. The van der Waals surface area contributed by atoms with Crippen LogP contribution in [0.25, 0.3) is 0 Å². The molecule has 0 spiro atoms. The van der Waals surface area contributed by atoms with Crippen LogP contribution in [0.4, 0.5) is 48.3 Å². The molecule has 0 aromatic carbocycles. The van der Waals surface area contributed by atoms with Crippen LogP contribution < -0.4 is 0 Å². The lowest BCUT2D eigenvalue weighted by molar-refractivity contribution is -0.345. The lowest BCUT2D eigenvalue weighted by atomic mass is 10.1. The van der Waals surface area contributed by atoms with Crippen LogP contribution >= 0.6 is 0 Å². The Kier molecular flexibility index (Phi) is 4.90. The van der Waals surface area contributed by atoms with Crippen LogP contribution in [0.15, 0.2) is 0 Å². The molecule has 0 saturated carbocycles. The summed E-state index contributed by atoms with van der Waals surface area (Å²) in [6.07, 6.45) is -11.1. The standard InChI is InChI=1S/C7H3F11O2/c8-2(9)5(12,13)7(17,18)4(10,11)1-20-3(19)6(14,15)16/h2H,1H2. The molecular weight excluding hydrogens is 325 g/mol. The van der Waals surface area contributed by atoms with Crippen molar-refractivity contribution in [1.82, 2.24) is 0 Å². The van der Waals surface area contributed by atoms with Gasteiger partial charge < -0.3 is 4.74 Å². The van der Waals surface area contributed by atoms with Gasteiger partial charge in [-0.2, -0.15) is 39.5 Å². The van der Waals surface area contributed by atoms with E-state index in [9.17, 15) is 53.1 Å². The van der Waals surface area contributed by atoms with Crippen LogP contribution in [0.2, 0.25) is 0 Å². The van der Waals surface area contributed by atoms with Crippen molar-refractivity contribution in [3.63, 3.8) is 0 Å². The number of ether oxygens (including phenoxy) is 1. The van der Waals surface area contributed by atoms with Crippen molar-refractivity contribution in [1.29, 1.82) is 0 Å². The highest BCUT2D eigenvalue weighted by atomic mass is 19.4. The van der Waals surface area contributed by atoms with Gasteiger partial charge >= 0.3 is 36.3 Å². The summed E-state index contributed by atoms with van der Waals surface area (Å²) >= 11 is 0. The van der Waals surface area contributed by atoms with Crippen LogP contribution in [0.5, 0.6) is 0 Å². The number of carbonyl (C=O) groups excluding carboxylic acids is 1. The van der Waals surface area contributed by atoms with Gasteiger partial charge in [-0.05, 0) is 0 Å². The molecule has 2 nitrogen and oxygen atoms in total. The summed E-state index contributed by atoms with van der Waals surface area (Å²) in [7, 11) is 0. The predicted molar refractivity (Wildman–Crippen MR) is 37.9 cm³/mol. The van der Waals surface area contributed by atoms with Gasteiger partial charge in [0.15, 0.2) is 6.61 Å².